The van der Waals surface area contributed by atoms with Gasteiger partial charge in [-0.15, -0.1) is 6.58 Å². The summed E-state index contributed by atoms with van der Waals surface area (Å²) in [6, 6.07) is 18.8. The van der Waals surface area contributed by atoms with Crippen molar-refractivity contribution in [1.29, 1.82) is 0 Å². The largest absolute Gasteiger partial charge is 0.439 e. The van der Waals surface area contributed by atoms with E-state index in [1.165, 1.54) is 18.4 Å². The van der Waals surface area contributed by atoms with Crippen LogP contribution in [0.4, 0.5) is 0 Å². The van der Waals surface area contributed by atoms with Gasteiger partial charge in [-0.05, 0) is 44.7 Å². The molecule has 0 amide bonds. The lowest BCUT2D eigenvalue weighted by Gasteiger charge is -2.25. The molecule has 3 aromatic rings. The molecule has 0 radical (unpaired) electrons. The lowest BCUT2D eigenvalue weighted by molar-refractivity contribution is 0.0976. The summed E-state index contributed by atoms with van der Waals surface area (Å²) in [5.41, 5.74) is 4.25. The van der Waals surface area contributed by atoms with E-state index >= 15 is 0 Å². The summed E-state index contributed by atoms with van der Waals surface area (Å²) in [6.45, 7) is 7.18. The molecule has 1 heterocycles. The van der Waals surface area contributed by atoms with Crippen LogP contribution in [-0.4, -0.2) is 38.5 Å². The first-order chi connectivity index (χ1) is 15.5. The fourth-order valence-electron chi connectivity index (χ4n) is 4.03. The number of benzene rings is 2. The number of aliphatic hydroxyl groups excluding tert-OH is 1. The van der Waals surface area contributed by atoms with Gasteiger partial charge >= 0.3 is 0 Å². The molecule has 4 rings (SSSR count). The Kier molecular flexibility index (Phi) is 7.08. The van der Waals surface area contributed by atoms with Crippen molar-refractivity contribution in [3.8, 4) is 22.9 Å². The second-order valence-electron chi connectivity index (χ2n) is 8.72. The molecule has 0 bridgehead atoms. The average molecular weight is 432 g/mol. The maximum absolute atomic E-state index is 10.6. The number of aliphatic hydroxyl groups is 1. The number of hydrogen-bond acceptors (Lipinski definition) is 4. The first-order valence-electron chi connectivity index (χ1n) is 11.4. The second-order valence-corrected chi connectivity index (χ2v) is 8.72. The van der Waals surface area contributed by atoms with Crippen LogP contribution in [-0.2, 0) is 13.6 Å². The molecule has 0 spiro atoms. The first kappa shape index (κ1) is 22.3. The highest BCUT2D eigenvalue weighted by Gasteiger charge is 2.32. The highest BCUT2D eigenvalue weighted by molar-refractivity contribution is 5.65. The third-order valence-electron chi connectivity index (χ3n) is 5.94. The lowest BCUT2D eigenvalue weighted by Crippen LogP contribution is -2.34. The molecule has 1 saturated carbocycles. The normalized spacial score (nSPS) is 14.5. The van der Waals surface area contributed by atoms with E-state index in [0.29, 0.717) is 19.1 Å². The van der Waals surface area contributed by atoms with Crippen LogP contribution in [0.15, 0.2) is 67.3 Å². The molecule has 0 unspecified atom stereocenters. The van der Waals surface area contributed by atoms with E-state index in [0.717, 1.165) is 41.3 Å². The molecule has 2 aromatic carbocycles. The van der Waals surface area contributed by atoms with Gasteiger partial charge in [0.15, 0.2) is 0 Å². The molecule has 1 aliphatic rings. The van der Waals surface area contributed by atoms with Crippen LogP contribution in [0.2, 0.25) is 0 Å². The molecular weight excluding hydrogens is 398 g/mol. The number of aryl methyl sites for hydroxylation is 2. The number of allylic oxidation sites excluding steroid dienone is 1. The van der Waals surface area contributed by atoms with E-state index in [1.807, 2.05) is 48.1 Å². The van der Waals surface area contributed by atoms with Crippen LogP contribution >= 0.6 is 0 Å². The van der Waals surface area contributed by atoms with Crippen LogP contribution in [0, 0.1) is 6.92 Å². The zero-order valence-electron chi connectivity index (χ0n) is 19.1. The summed E-state index contributed by atoms with van der Waals surface area (Å²) < 4.78 is 8.20. The number of nitrogens with zero attached hydrogens (tertiary/aromatic N) is 3. The fourth-order valence-corrected chi connectivity index (χ4v) is 4.03. The van der Waals surface area contributed by atoms with Crippen LogP contribution in [0.1, 0.15) is 36.8 Å². The van der Waals surface area contributed by atoms with Gasteiger partial charge in [0.1, 0.15) is 11.4 Å². The molecule has 32 heavy (non-hydrogen) atoms. The van der Waals surface area contributed by atoms with Gasteiger partial charge in [-0.1, -0.05) is 54.1 Å². The number of hydrogen-bond donors (Lipinski definition) is 1. The molecule has 1 fully saturated rings. The third-order valence-corrected chi connectivity index (χ3v) is 5.94. The Bertz CT molecular complexity index is 1020. The zero-order chi connectivity index (χ0) is 22.5. The van der Waals surface area contributed by atoms with Gasteiger partial charge in [-0.25, -0.2) is 4.68 Å². The zero-order valence-corrected chi connectivity index (χ0v) is 19.1. The molecule has 1 aliphatic carbocycles. The lowest BCUT2D eigenvalue weighted by atomic mass is 10.1. The maximum atomic E-state index is 10.6. The Morgan fingerprint density at radius 1 is 1.19 bits per heavy atom. The highest BCUT2D eigenvalue weighted by atomic mass is 16.5. The molecule has 0 saturated heterocycles. The molecule has 1 aromatic heterocycles. The number of ether oxygens (including phenoxy) is 1. The average Bonchev–Trinajstić information content (AvgIpc) is 3.60. The van der Waals surface area contributed by atoms with Crippen LogP contribution in [0.25, 0.3) is 11.3 Å². The van der Waals surface area contributed by atoms with E-state index in [9.17, 15) is 5.11 Å². The standard InChI is InChI=1S/C27H33N3O2/c1-4-5-11-23(31)18-30(22-14-15-22)19-25-26(21-9-7-6-8-10-21)28-29(3)27(25)32-24-16-12-20(2)13-17-24/h4,6-10,12-13,16-17,22-23,31H,1,5,11,14-15,18-19H2,2-3H3/t23-/m1/s1. The van der Waals surface area contributed by atoms with E-state index < -0.39 is 0 Å². The number of rotatable bonds is 11. The summed E-state index contributed by atoms with van der Waals surface area (Å²) in [6.07, 6.45) is 5.40. The third kappa shape index (κ3) is 5.47. The summed E-state index contributed by atoms with van der Waals surface area (Å²) in [5, 5.41) is 15.4. The van der Waals surface area contributed by atoms with Crippen molar-refractivity contribution >= 4 is 0 Å². The molecule has 5 heteroatoms. The maximum Gasteiger partial charge on any atom is 0.222 e. The van der Waals surface area contributed by atoms with Crippen molar-refractivity contribution in [3.05, 3.63) is 78.4 Å². The van der Waals surface area contributed by atoms with Crippen molar-refractivity contribution in [2.24, 2.45) is 7.05 Å². The first-order valence-corrected chi connectivity index (χ1v) is 11.4. The second kappa shape index (κ2) is 10.2. The Morgan fingerprint density at radius 2 is 1.91 bits per heavy atom. The Labute approximate surface area is 191 Å². The van der Waals surface area contributed by atoms with Crippen LogP contribution in [0.3, 0.4) is 0 Å². The minimum atomic E-state index is -0.369. The topological polar surface area (TPSA) is 50.5 Å². The quantitative estimate of drug-likeness (QED) is 0.409. The molecule has 0 aliphatic heterocycles. The van der Waals surface area contributed by atoms with E-state index in [1.54, 1.807) is 0 Å². The summed E-state index contributed by atoms with van der Waals surface area (Å²) in [5.74, 6) is 1.54. The smallest absolute Gasteiger partial charge is 0.222 e. The minimum Gasteiger partial charge on any atom is -0.439 e. The molecule has 1 N–H and O–H groups in total. The monoisotopic (exact) mass is 431 g/mol. The van der Waals surface area contributed by atoms with Gasteiger partial charge in [0.05, 0.1) is 11.7 Å². The molecule has 1 atom stereocenters. The predicted octanol–water partition coefficient (Wildman–Crippen LogP) is 5.48. The molecule has 168 valence electrons. The Balaban J connectivity index is 1.67. The van der Waals surface area contributed by atoms with E-state index in [-0.39, 0.29) is 6.10 Å². The van der Waals surface area contributed by atoms with Gasteiger partial charge in [0.2, 0.25) is 5.88 Å². The highest BCUT2D eigenvalue weighted by Crippen LogP contribution is 2.37. The van der Waals surface area contributed by atoms with Crippen LogP contribution in [0.5, 0.6) is 11.6 Å². The SMILES string of the molecule is C=CCC[C@@H](O)CN(Cc1c(-c2ccccc2)nn(C)c1Oc1ccc(C)cc1)C1CC1. The summed E-state index contributed by atoms with van der Waals surface area (Å²) in [7, 11) is 1.93. The molecule has 5 nitrogen and oxygen atoms in total. The van der Waals surface area contributed by atoms with Crippen molar-refractivity contribution in [2.45, 2.75) is 51.3 Å². The predicted molar refractivity (Wildman–Crippen MR) is 129 cm³/mol. The van der Waals surface area contributed by atoms with Crippen molar-refractivity contribution in [1.82, 2.24) is 14.7 Å². The van der Waals surface area contributed by atoms with E-state index in [2.05, 4.69) is 42.7 Å². The summed E-state index contributed by atoms with van der Waals surface area (Å²) >= 11 is 0. The summed E-state index contributed by atoms with van der Waals surface area (Å²) in [4.78, 5) is 2.39. The minimum absolute atomic E-state index is 0.369. The fraction of sp³-hybridized carbons (Fsp3) is 0.370. The number of aromatic nitrogens is 2. The van der Waals surface area contributed by atoms with E-state index in [4.69, 9.17) is 9.84 Å². The van der Waals surface area contributed by atoms with Gasteiger partial charge in [-0.3, -0.25) is 4.90 Å². The van der Waals surface area contributed by atoms with Crippen molar-refractivity contribution in [3.63, 3.8) is 0 Å². The van der Waals surface area contributed by atoms with Gasteiger partial charge in [0, 0.05) is 31.7 Å². The van der Waals surface area contributed by atoms with Gasteiger partial charge in [-0.2, -0.15) is 5.10 Å². The Hall–Kier alpha value is -2.89. The van der Waals surface area contributed by atoms with Crippen LogP contribution < -0.4 is 4.74 Å². The van der Waals surface area contributed by atoms with Crippen molar-refractivity contribution in [2.75, 3.05) is 6.54 Å². The molecular formula is C27H33N3O2. The van der Waals surface area contributed by atoms with Gasteiger partial charge in [0.25, 0.3) is 0 Å². The Morgan fingerprint density at radius 3 is 2.56 bits per heavy atom. The van der Waals surface area contributed by atoms with Crippen molar-refractivity contribution < 1.29 is 9.84 Å². The van der Waals surface area contributed by atoms with Gasteiger partial charge < -0.3 is 9.84 Å².